The van der Waals surface area contributed by atoms with Crippen molar-refractivity contribution in [2.45, 2.75) is 45.1 Å². The topological polar surface area (TPSA) is 29.3 Å². The number of nitrogens with zero attached hydrogens (tertiary/aromatic N) is 1. The van der Waals surface area contributed by atoms with Crippen LogP contribution in [0.3, 0.4) is 0 Å². The van der Waals surface area contributed by atoms with Gasteiger partial charge in [0.15, 0.2) is 0 Å². The number of hydrogen-bond donors (Lipinski definition) is 1. The summed E-state index contributed by atoms with van der Waals surface area (Å²) in [5, 5.41) is 0. The van der Waals surface area contributed by atoms with Gasteiger partial charge in [0, 0.05) is 19.1 Å². The van der Waals surface area contributed by atoms with Crippen LogP contribution in [0.2, 0.25) is 0 Å². The third kappa shape index (κ3) is 2.29. The van der Waals surface area contributed by atoms with Crippen molar-refractivity contribution in [3.05, 3.63) is 0 Å². The molecule has 0 spiro atoms. The van der Waals surface area contributed by atoms with Crippen molar-refractivity contribution in [1.82, 2.24) is 4.90 Å². The molecule has 0 radical (unpaired) electrons. The Kier molecular flexibility index (Phi) is 2.85. The fourth-order valence-corrected chi connectivity index (χ4v) is 2.88. The van der Waals surface area contributed by atoms with Gasteiger partial charge in [-0.2, -0.15) is 0 Å². The highest BCUT2D eigenvalue weighted by atomic mass is 15.1. The highest BCUT2D eigenvalue weighted by Crippen LogP contribution is 2.38. The van der Waals surface area contributed by atoms with Crippen molar-refractivity contribution >= 4 is 0 Å². The largest absolute Gasteiger partial charge is 0.327 e. The molecule has 0 aromatic carbocycles. The molecule has 2 N–H and O–H groups in total. The van der Waals surface area contributed by atoms with Crippen LogP contribution in [0.1, 0.15) is 39.0 Å². The van der Waals surface area contributed by atoms with Gasteiger partial charge >= 0.3 is 0 Å². The minimum Gasteiger partial charge on any atom is -0.327 e. The molecule has 82 valence electrons. The van der Waals surface area contributed by atoms with Crippen LogP contribution in [0.15, 0.2) is 0 Å². The van der Waals surface area contributed by atoms with Crippen molar-refractivity contribution in [2.24, 2.45) is 17.1 Å². The maximum absolute atomic E-state index is 6.18. The van der Waals surface area contributed by atoms with E-state index >= 15 is 0 Å². The van der Waals surface area contributed by atoms with Gasteiger partial charge < -0.3 is 10.6 Å². The molecular formula is C12H24N2. The zero-order valence-electron chi connectivity index (χ0n) is 9.63. The Hall–Kier alpha value is -0.0800. The molecule has 0 heterocycles. The summed E-state index contributed by atoms with van der Waals surface area (Å²) < 4.78 is 0. The van der Waals surface area contributed by atoms with E-state index in [1.807, 2.05) is 0 Å². The number of rotatable bonds is 4. The first-order valence-corrected chi connectivity index (χ1v) is 6.04. The van der Waals surface area contributed by atoms with Crippen molar-refractivity contribution in [1.29, 1.82) is 0 Å². The first kappa shape index (κ1) is 10.4. The van der Waals surface area contributed by atoms with Gasteiger partial charge in [-0.1, -0.05) is 13.3 Å². The maximum atomic E-state index is 6.18. The van der Waals surface area contributed by atoms with Gasteiger partial charge in [0.25, 0.3) is 0 Å². The molecule has 0 aromatic heterocycles. The summed E-state index contributed by atoms with van der Waals surface area (Å²) in [6.07, 6.45) is 6.78. The second kappa shape index (κ2) is 3.82. The quantitative estimate of drug-likeness (QED) is 0.743. The summed E-state index contributed by atoms with van der Waals surface area (Å²) in [5.74, 6) is 1.00. The van der Waals surface area contributed by atoms with Crippen LogP contribution in [0.4, 0.5) is 0 Å². The van der Waals surface area contributed by atoms with E-state index in [4.69, 9.17) is 5.73 Å². The Balaban J connectivity index is 1.81. The summed E-state index contributed by atoms with van der Waals surface area (Å²) in [6.45, 7) is 4.86. The van der Waals surface area contributed by atoms with Gasteiger partial charge in [0.05, 0.1) is 0 Å². The van der Waals surface area contributed by atoms with Crippen LogP contribution in [0, 0.1) is 11.3 Å². The first-order chi connectivity index (χ1) is 6.60. The second-order valence-electron chi connectivity index (χ2n) is 5.79. The molecule has 2 fully saturated rings. The van der Waals surface area contributed by atoms with E-state index in [0.717, 1.165) is 5.92 Å². The van der Waals surface area contributed by atoms with Crippen molar-refractivity contribution in [3.63, 3.8) is 0 Å². The average Bonchev–Trinajstić information content (AvgIpc) is 2.82. The third-order valence-corrected chi connectivity index (χ3v) is 4.06. The normalized spacial score (nSPS) is 38.1. The molecule has 2 aliphatic carbocycles. The predicted octanol–water partition coefficient (Wildman–Crippen LogP) is 1.85. The molecular weight excluding hydrogens is 172 g/mol. The second-order valence-corrected chi connectivity index (χ2v) is 5.79. The SMILES string of the molecule is CN(CC1CC1)CC1(C)CCCC1N. The molecule has 14 heavy (non-hydrogen) atoms. The number of nitrogens with two attached hydrogens (primary N) is 1. The Morgan fingerprint density at radius 3 is 2.57 bits per heavy atom. The molecule has 2 heteroatoms. The van der Waals surface area contributed by atoms with Gasteiger partial charge in [-0.25, -0.2) is 0 Å². The predicted molar refractivity (Wildman–Crippen MR) is 60.2 cm³/mol. The van der Waals surface area contributed by atoms with Crippen LogP contribution in [-0.4, -0.2) is 31.1 Å². The monoisotopic (exact) mass is 196 g/mol. The highest BCUT2D eigenvalue weighted by Gasteiger charge is 2.37. The van der Waals surface area contributed by atoms with Crippen LogP contribution >= 0.6 is 0 Å². The molecule has 0 aliphatic heterocycles. The minimum atomic E-state index is 0.393. The van der Waals surface area contributed by atoms with Crippen LogP contribution in [0.5, 0.6) is 0 Å². The van der Waals surface area contributed by atoms with E-state index in [0.29, 0.717) is 11.5 Å². The van der Waals surface area contributed by atoms with Crippen molar-refractivity contribution in [3.8, 4) is 0 Å². The van der Waals surface area contributed by atoms with Crippen LogP contribution < -0.4 is 5.73 Å². The van der Waals surface area contributed by atoms with Gasteiger partial charge in [0.1, 0.15) is 0 Å². The molecule has 2 aliphatic rings. The van der Waals surface area contributed by atoms with Gasteiger partial charge in [-0.3, -0.25) is 0 Å². The summed E-state index contributed by atoms with van der Waals surface area (Å²) in [7, 11) is 2.26. The summed E-state index contributed by atoms with van der Waals surface area (Å²) >= 11 is 0. The summed E-state index contributed by atoms with van der Waals surface area (Å²) in [6, 6.07) is 0.434. The zero-order chi connectivity index (χ0) is 10.2. The molecule has 0 aromatic rings. The molecule has 2 nitrogen and oxygen atoms in total. The molecule has 2 atom stereocenters. The lowest BCUT2D eigenvalue weighted by molar-refractivity contribution is 0.173. The van der Waals surface area contributed by atoms with Gasteiger partial charge in [0.2, 0.25) is 0 Å². The fourth-order valence-electron chi connectivity index (χ4n) is 2.88. The highest BCUT2D eigenvalue weighted by molar-refractivity contribution is 4.93. The lowest BCUT2D eigenvalue weighted by Crippen LogP contribution is -2.43. The molecule has 2 rings (SSSR count). The van der Waals surface area contributed by atoms with E-state index in [9.17, 15) is 0 Å². The van der Waals surface area contributed by atoms with E-state index < -0.39 is 0 Å². The maximum Gasteiger partial charge on any atom is 0.0105 e. The first-order valence-electron chi connectivity index (χ1n) is 6.04. The minimum absolute atomic E-state index is 0.393. The summed E-state index contributed by atoms with van der Waals surface area (Å²) in [5.41, 5.74) is 6.57. The molecule has 2 unspecified atom stereocenters. The third-order valence-electron chi connectivity index (χ3n) is 4.06. The molecule has 0 bridgehead atoms. The molecule has 0 saturated heterocycles. The van der Waals surface area contributed by atoms with Crippen LogP contribution in [0.25, 0.3) is 0 Å². The standard InChI is InChI=1S/C12H24N2/c1-12(7-3-4-11(12)13)9-14(2)8-10-5-6-10/h10-11H,3-9,13H2,1-2H3. The van der Waals surface area contributed by atoms with E-state index in [1.54, 1.807) is 0 Å². The Morgan fingerprint density at radius 1 is 1.36 bits per heavy atom. The van der Waals surface area contributed by atoms with Crippen molar-refractivity contribution in [2.75, 3.05) is 20.1 Å². The van der Waals surface area contributed by atoms with E-state index in [1.165, 1.54) is 45.2 Å². The van der Waals surface area contributed by atoms with Crippen LogP contribution in [-0.2, 0) is 0 Å². The molecule has 2 saturated carbocycles. The lowest BCUT2D eigenvalue weighted by atomic mass is 9.84. The molecule has 0 amide bonds. The summed E-state index contributed by atoms with van der Waals surface area (Å²) in [4.78, 5) is 2.50. The van der Waals surface area contributed by atoms with Crippen molar-refractivity contribution < 1.29 is 0 Å². The fraction of sp³-hybridized carbons (Fsp3) is 1.00. The van der Waals surface area contributed by atoms with Gasteiger partial charge in [-0.05, 0) is 44.1 Å². The van der Waals surface area contributed by atoms with Gasteiger partial charge in [-0.15, -0.1) is 0 Å². The van der Waals surface area contributed by atoms with E-state index in [2.05, 4.69) is 18.9 Å². The average molecular weight is 196 g/mol. The number of hydrogen-bond acceptors (Lipinski definition) is 2. The lowest BCUT2D eigenvalue weighted by Gasteiger charge is -2.33. The zero-order valence-corrected chi connectivity index (χ0v) is 9.63. The van der Waals surface area contributed by atoms with E-state index in [-0.39, 0.29) is 0 Å². The smallest absolute Gasteiger partial charge is 0.0105 e. The Morgan fingerprint density at radius 2 is 2.07 bits per heavy atom. The Bertz CT molecular complexity index is 200. The Labute approximate surface area is 87.8 Å².